The van der Waals surface area contributed by atoms with Crippen LogP contribution in [0.3, 0.4) is 0 Å². The Bertz CT molecular complexity index is 533. The second kappa shape index (κ2) is 4.84. The van der Waals surface area contributed by atoms with Crippen LogP contribution < -0.4 is 0 Å². The van der Waals surface area contributed by atoms with Gasteiger partial charge in [0.25, 0.3) is 0 Å². The lowest BCUT2D eigenvalue weighted by Crippen LogP contribution is -2.21. The average molecular weight is 236 g/mol. The molecule has 18 heavy (non-hydrogen) atoms. The summed E-state index contributed by atoms with van der Waals surface area (Å²) in [6.45, 7) is 0.278. The Balaban J connectivity index is 2.04. The second-order valence-corrected chi connectivity index (χ2v) is 3.94. The molecule has 0 aliphatic carbocycles. The Morgan fingerprint density at radius 2 is 1.28 bits per heavy atom. The molecule has 3 nitrogen and oxygen atoms in total. The first kappa shape index (κ1) is 10.7. The number of hydrogen-bond donors (Lipinski definition) is 0. The molecular formula is C15H12N2O. The van der Waals surface area contributed by atoms with E-state index in [4.69, 9.17) is 4.84 Å². The summed E-state index contributed by atoms with van der Waals surface area (Å²) in [5.74, 6) is 0. The molecule has 2 aromatic carbocycles. The molecule has 0 spiro atoms. The van der Waals surface area contributed by atoms with Crippen LogP contribution in [0.5, 0.6) is 0 Å². The highest BCUT2D eigenvalue weighted by Gasteiger charge is 2.17. The van der Waals surface area contributed by atoms with E-state index in [1.807, 2.05) is 60.7 Å². The molecule has 0 unspecified atom stereocenters. The second-order valence-electron chi connectivity index (χ2n) is 3.94. The van der Waals surface area contributed by atoms with Crippen molar-refractivity contribution in [1.29, 1.82) is 0 Å². The summed E-state index contributed by atoms with van der Waals surface area (Å²) < 4.78 is 0. The maximum absolute atomic E-state index is 5.09. The molecule has 0 amide bonds. The predicted molar refractivity (Wildman–Crippen MR) is 71.9 cm³/mol. The Hall–Kier alpha value is -2.42. The first-order valence-electron chi connectivity index (χ1n) is 5.81. The van der Waals surface area contributed by atoms with E-state index in [0.29, 0.717) is 0 Å². The van der Waals surface area contributed by atoms with Gasteiger partial charge in [-0.15, -0.1) is 0 Å². The zero-order chi connectivity index (χ0) is 12.2. The maximum Gasteiger partial charge on any atom is 0.207 e. The lowest BCUT2D eigenvalue weighted by Gasteiger charge is -2.14. The van der Waals surface area contributed by atoms with Gasteiger partial charge in [0.05, 0.1) is 5.71 Å². The summed E-state index contributed by atoms with van der Waals surface area (Å²) in [6.07, 6.45) is 0. The van der Waals surface area contributed by atoms with Crippen molar-refractivity contribution in [3.8, 4) is 0 Å². The molecule has 3 heteroatoms. The number of rotatable bonds is 2. The summed E-state index contributed by atoms with van der Waals surface area (Å²) in [4.78, 5) is 9.51. The van der Waals surface area contributed by atoms with Crippen LogP contribution >= 0.6 is 0 Å². The Kier molecular flexibility index (Phi) is 2.88. The summed E-state index contributed by atoms with van der Waals surface area (Å²) >= 11 is 0. The molecule has 0 fully saturated rings. The van der Waals surface area contributed by atoms with Gasteiger partial charge in [0, 0.05) is 11.1 Å². The maximum atomic E-state index is 5.09. The highest BCUT2D eigenvalue weighted by molar-refractivity contribution is 6.53. The molecular weight excluding hydrogens is 224 g/mol. The van der Waals surface area contributed by atoms with Crippen molar-refractivity contribution in [2.24, 2.45) is 10.1 Å². The monoisotopic (exact) mass is 236 g/mol. The third-order valence-electron chi connectivity index (χ3n) is 2.75. The minimum absolute atomic E-state index is 0.278. The smallest absolute Gasteiger partial charge is 0.207 e. The topological polar surface area (TPSA) is 34.0 Å². The van der Waals surface area contributed by atoms with Crippen LogP contribution in [-0.4, -0.2) is 18.2 Å². The molecule has 1 aliphatic heterocycles. The number of aliphatic imine (C=N–C) groups is 1. The molecule has 1 aliphatic rings. The Labute approximate surface area is 105 Å². The van der Waals surface area contributed by atoms with E-state index in [1.165, 1.54) is 0 Å². The number of hydrogen-bond acceptors (Lipinski definition) is 3. The van der Waals surface area contributed by atoms with E-state index >= 15 is 0 Å². The van der Waals surface area contributed by atoms with E-state index in [0.717, 1.165) is 22.6 Å². The van der Waals surface area contributed by atoms with E-state index in [1.54, 1.807) is 0 Å². The third kappa shape index (κ3) is 2.02. The zero-order valence-electron chi connectivity index (χ0n) is 9.78. The first-order chi connectivity index (χ1) is 8.95. The van der Waals surface area contributed by atoms with Gasteiger partial charge in [0.2, 0.25) is 6.73 Å². The summed E-state index contributed by atoms with van der Waals surface area (Å²) in [6, 6.07) is 20.0. The van der Waals surface area contributed by atoms with Crippen molar-refractivity contribution in [2.45, 2.75) is 0 Å². The molecule has 3 rings (SSSR count). The van der Waals surface area contributed by atoms with Gasteiger partial charge in [-0.05, 0) is 0 Å². The van der Waals surface area contributed by atoms with Crippen LogP contribution in [0, 0.1) is 0 Å². The first-order valence-corrected chi connectivity index (χ1v) is 5.81. The number of oxime groups is 1. The van der Waals surface area contributed by atoms with Crippen molar-refractivity contribution < 1.29 is 4.84 Å². The van der Waals surface area contributed by atoms with Crippen LogP contribution in [0.25, 0.3) is 0 Å². The van der Waals surface area contributed by atoms with E-state index < -0.39 is 0 Å². The average Bonchev–Trinajstić information content (AvgIpc) is 2.49. The van der Waals surface area contributed by atoms with Gasteiger partial charge in [-0.3, -0.25) is 0 Å². The molecule has 88 valence electrons. The minimum atomic E-state index is 0.278. The fourth-order valence-electron chi connectivity index (χ4n) is 1.91. The Morgan fingerprint density at radius 1 is 0.722 bits per heavy atom. The Morgan fingerprint density at radius 3 is 1.89 bits per heavy atom. The van der Waals surface area contributed by atoms with Crippen molar-refractivity contribution in [2.75, 3.05) is 6.73 Å². The van der Waals surface area contributed by atoms with Crippen LogP contribution in [0.4, 0.5) is 0 Å². The van der Waals surface area contributed by atoms with E-state index in [9.17, 15) is 0 Å². The van der Waals surface area contributed by atoms with Crippen LogP contribution in [0.15, 0.2) is 70.8 Å². The number of benzene rings is 2. The van der Waals surface area contributed by atoms with E-state index in [-0.39, 0.29) is 6.73 Å². The van der Waals surface area contributed by atoms with Gasteiger partial charge in [-0.2, -0.15) is 0 Å². The zero-order valence-corrected chi connectivity index (χ0v) is 9.78. The summed E-state index contributed by atoms with van der Waals surface area (Å²) in [5, 5.41) is 4.14. The van der Waals surface area contributed by atoms with Crippen LogP contribution in [0.1, 0.15) is 11.1 Å². The van der Waals surface area contributed by atoms with Crippen LogP contribution in [0.2, 0.25) is 0 Å². The van der Waals surface area contributed by atoms with Gasteiger partial charge in [-0.1, -0.05) is 65.8 Å². The van der Waals surface area contributed by atoms with Crippen molar-refractivity contribution in [3.63, 3.8) is 0 Å². The predicted octanol–water partition coefficient (Wildman–Crippen LogP) is 2.87. The fraction of sp³-hybridized carbons (Fsp3) is 0.0667. The molecule has 0 radical (unpaired) electrons. The lowest BCUT2D eigenvalue weighted by molar-refractivity contribution is 0.150. The van der Waals surface area contributed by atoms with Gasteiger partial charge >= 0.3 is 0 Å². The van der Waals surface area contributed by atoms with Gasteiger partial charge in [0.15, 0.2) is 0 Å². The quantitative estimate of drug-likeness (QED) is 0.789. The van der Waals surface area contributed by atoms with Gasteiger partial charge in [0.1, 0.15) is 5.71 Å². The summed E-state index contributed by atoms with van der Waals surface area (Å²) in [5.41, 5.74) is 3.74. The number of nitrogens with zero attached hydrogens (tertiary/aromatic N) is 2. The van der Waals surface area contributed by atoms with Crippen molar-refractivity contribution >= 4 is 11.4 Å². The fourth-order valence-corrected chi connectivity index (χ4v) is 1.91. The SMILES string of the molecule is c1ccc(C2=NCON=C2c2ccccc2)cc1. The molecule has 1 heterocycles. The summed E-state index contributed by atoms with van der Waals surface area (Å²) in [7, 11) is 0. The standard InChI is InChI=1S/C15H12N2O/c1-3-7-12(8-4-1)14-15(17-18-11-16-14)13-9-5-2-6-10-13/h1-10H,11H2. The normalized spacial score (nSPS) is 14.4. The molecule has 0 atom stereocenters. The van der Waals surface area contributed by atoms with Gasteiger partial charge < -0.3 is 4.84 Å². The lowest BCUT2D eigenvalue weighted by atomic mass is 10.00. The molecule has 0 saturated heterocycles. The van der Waals surface area contributed by atoms with E-state index in [2.05, 4.69) is 10.1 Å². The van der Waals surface area contributed by atoms with Gasteiger partial charge in [-0.25, -0.2) is 4.99 Å². The van der Waals surface area contributed by atoms with Crippen molar-refractivity contribution in [3.05, 3.63) is 71.8 Å². The molecule has 0 bridgehead atoms. The third-order valence-corrected chi connectivity index (χ3v) is 2.75. The minimum Gasteiger partial charge on any atom is -0.371 e. The molecule has 0 saturated carbocycles. The largest absolute Gasteiger partial charge is 0.371 e. The molecule has 2 aromatic rings. The molecule has 0 aromatic heterocycles. The van der Waals surface area contributed by atoms with Crippen molar-refractivity contribution in [1.82, 2.24) is 0 Å². The van der Waals surface area contributed by atoms with Crippen LogP contribution in [-0.2, 0) is 4.84 Å². The highest BCUT2D eigenvalue weighted by Crippen LogP contribution is 2.13. The molecule has 0 N–H and O–H groups in total. The highest BCUT2D eigenvalue weighted by atomic mass is 16.6.